The van der Waals surface area contributed by atoms with Crippen molar-refractivity contribution in [2.24, 2.45) is 23.7 Å². The molecule has 0 N–H and O–H groups in total. The summed E-state index contributed by atoms with van der Waals surface area (Å²) < 4.78 is 6.64. The molecule has 4 saturated carbocycles. The number of ether oxygens (including phenoxy) is 1. The van der Waals surface area contributed by atoms with Gasteiger partial charge < -0.3 is 4.74 Å². The Morgan fingerprint density at radius 2 is 1.16 bits per heavy atom. The molecule has 5 aromatic carbocycles. The molecule has 1 atom stereocenters. The average molecular weight is 750 g/mol. The minimum atomic E-state index is -0.533. The molecule has 4 fully saturated rings. The van der Waals surface area contributed by atoms with Crippen LogP contribution in [0.3, 0.4) is 0 Å². The minimum absolute atomic E-state index is 0.0214. The van der Waals surface area contributed by atoms with Crippen molar-refractivity contribution in [3.05, 3.63) is 191 Å². The molecule has 4 heteroatoms. The van der Waals surface area contributed by atoms with Crippen molar-refractivity contribution in [1.29, 1.82) is 0 Å². The van der Waals surface area contributed by atoms with Crippen LogP contribution in [-0.2, 0) is 10.8 Å². The van der Waals surface area contributed by atoms with Crippen molar-refractivity contribution < 1.29 is 4.74 Å². The first-order chi connectivity index (χ1) is 28.6. The van der Waals surface area contributed by atoms with E-state index in [0.717, 1.165) is 69.8 Å². The fourth-order valence-corrected chi connectivity index (χ4v) is 12.9. The lowest BCUT2D eigenvalue weighted by Crippen LogP contribution is -2.49. The summed E-state index contributed by atoms with van der Waals surface area (Å²) in [6.45, 7) is 0. The number of allylic oxidation sites excluding steroid dienone is 8. The van der Waals surface area contributed by atoms with Gasteiger partial charge in [0.15, 0.2) is 11.6 Å². The first-order valence-electron chi connectivity index (χ1n) is 21.4. The van der Waals surface area contributed by atoms with E-state index in [-0.39, 0.29) is 5.41 Å². The highest BCUT2D eigenvalue weighted by Gasteiger charge is 2.54. The highest BCUT2D eigenvalue weighted by molar-refractivity contribution is 5.99. The molecule has 14 rings (SSSR count). The Morgan fingerprint density at radius 3 is 1.90 bits per heavy atom. The van der Waals surface area contributed by atoms with Gasteiger partial charge in [-0.05, 0) is 120 Å². The maximum absolute atomic E-state index is 6.64. The summed E-state index contributed by atoms with van der Waals surface area (Å²) in [5.74, 6) is 7.19. The number of para-hydroxylation sites is 2. The zero-order valence-corrected chi connectivity index (χ0v) is 32.4. The van der Waals surface area contributed by atoms with Gasteiger partial charge in [-0.15, -0.1) is 0 Å². The van der Waals surface area contributed by atoms with Gasteiger partial charge in [0.1, 0.15) is 17.3 Å². The van der Waals surface area contributed by atoms with Crippen LogP contribution in [0.4, 0.5) is 0 Å². The van der Waals surface area contributed by atoms with Crippen molar-refractivity contribution in [2.45, 2.75) is 55.8 Å². The molecule has 1 aromatic heterocycles. The van der Waals surface area contributed by atoms with E-state index in [1.165, 1.54) is 83.0 Å². The monoisotopic (exact) mass is 749 g/mol. The lowest BCUT2D eigenvalue weighted by molar-refractivity contribution is -0.00947. The standard InChI is InChI=1S/C54H43N3O/c1-2-13-37-29-38(25-24-36(37)12-1)50-55-51(57-52(56-50)53-30-33-26-34(31-53)28-35(27-33)32-53)41-15-4-3-14-39(41)40-17-11-21-46-49(40)42-16-5-6-18-43(42)54(46)44-19-7-9-22-47(44)58-48-23-10-8-20-45(48)54/h1-11,13-25,29,33-36H,12,26-28,30-32H2. The molecular formula is C54H43N3O. The number of hydrogen-bond acceptors (Lipinski definition) is 4. The van der Waals surface area contributed by atoms with Crippen LogP contribution < -0.4 is 4.74 Å². The topological polar surface area (TPSA) is 47.9 Å². The largest absolute Gasteiger partial charge is 0.457 e. The fraction of sp³-hybridized carbons (Fsp3) is 0.241. The van der Waals surface area contributed by atoms with Gasteiger partial charge in [0.05, 0.1) is 5.41 Å². The van der Waals surface area contributed by atoms with E-state index >= 15 is 0 Å². The van der Waals surface area contributed by atoms with Gasteiger partial charge >= 0.3 is 0 Å². The molecule has 2 heterocycles. The molecule has 1 spiro atoms. The van der Waals surface area contributed by atoms with Crippen molar-refractivity contribution in [1.82, 2.24) is 15.0 Å². The average Bonchev–Trinajstić information content (AvgIpc) is 3.56. The summed E-state index contributed by atoms with van der Waals surface area (Å²) in [5.41, 5.74) is 12.7. The number of aromatic nitrogens is 3. The highest BCUT2D eigenvalue weighted by Crippen LogP contribution is 2.64. The molecule has 6 aromatic rings. The van der Waals surface area contributed by atoms with Gasteiger partial charge in [-0.1, -0.05) is 134 Å². The molecule has 1 aliphatic heterocycles. The normalized spacial score (nSPS) is 25.9. The van der Waals surface area contributed by atoms with Crippen LogP contribution in [-0.4, -0.2) is 15.0 Å². The number of hydrogen-bond donors (Lipinski definition) is 0. The quantitative estimate of drug-likeness (QED) is 0.180. The summed E-state index contributed by atoms with van der Waals surface area (Å²) in [4.78, 5) is 16.6. The van der Waals surface area contributed by atoms with E-state index < -0.39 is 5.41 Å². The molecule has 1 unspecified atom stereocenters. The van der Waals surface area contributed by atoms with Crippen molar-refractivity contribution in [2.75, 3.05) is 0 Å². The van der Waals surface area contributed by atoms with E-state index in [1.54, 1.807) is 0 Å². The number of rotatable bonds is 4. The molecule has 4 nitrogen and oxygen atoms in total. The van der Waals surface area contributed by atoms with Crippen LogP contribution >= 0.6 is 0 Å². The van der Waals surface area contributed by atoms with Crippen LogP contribution in [0, 0.1) is 23.7 Å². The SMILES string of the molecule is C1=CCC2C=CC(c3nc(-c4ccccc4-c4cccc5c4-c4ccccc4C54c5ccccc5Oc5ccccc54)nc(C45CC6CC(CC(C6)C4)C5)n3)=CC2=C1. The summed E-state index contributed by atoms with van der Waals surface area (Å²) in [7, 11) is 0. The molecule has 0 radical (unpaired) electrons. The van der Waals surface area contributed by atoms with Crippen LogP contribution in [0.2, 0.25) is 0 Å². The van der Waals surface area contributed by atoms with Crippen LogP contribution in [0.5, 0.6) is 11.5 Å². The zero-order valence-electron chi connectivity index (χ0n) is 32.4. The van der Waals surface area contributed by atoms with Gasteiger partial charge in [0.25, 0.3) is 0 Å². The summed E-state index contributed by atoms with van der Waals surface area (Å²) >= 11 is 0. The molecule has 280 valence electrons. The minimum Gasteiger partial charge on any atom is -0.457 e. The first kappa shape index (κ1) is 32.9. The van der Waals surface area contributed by atoms with E-state index in [1.807, 2.05) is 0 Å². The molecule has 7 aliphatic carbocycles. The third kappa shape index (κ3) is 4.60. The second kappa shape index (κ2) is 12.2. The Bertz CT molecular complexity index is 2780. The molecule has 58 heavy (non-hydrogen) atoms. The predicted molar refractivity (Wildman–Crippen MR) is 230 cm³/mol. The van der Waals surface area contributed by atoms with E-state index in [4.69, 9.17) is 19.7 Å². The summed E-state index contributed by atoms with van der Waals surface area (Å²) in [6.07, 6.45) is 22.4. The second-order valence-electron chi connectivity index (χ2n) is 18.1. The fourth-order valence-electron chi connectivity index (χ4n) is 12.9. The molecule has 0 saturated heterocycles. The smallest absolute Gasteiger partial charge is 0.164 e. The Balaban J connectivity index is 1.04. The van der Waals surface area contributed by atoms with Gasteiger partial charge in [-0.3, -0.25) is 0 Å². The van der Waals surface area contributed by atoms with E-state index in [9.17, 15) is 0 Å². The molecule has 4 bridgehead atoms. The third-order valence-corrected chi connectivity index (χ3v) is 14.8. The van der Waals surface area contributed by atoms with Gasteiger partial charge in [-0.25, -0.2) is 15.0 Å². The van der Waals surface area contributed by atoms with Crippen LogP contribution in [0.15, 0.2) is 157 Å². The molecular weight excluding hydrogens is 707 g/mol. The summed E-state index contributed by atoms with van der Waals surface area (Å²) in [5, 5.41) is 0. The lowest BCUT2D eigenvalue weighted by atomic mass is 9.49. The van der Waals surface area contributed by atoms with E-state index in [0.29, 0.717) is 5.92 Å². The van der Waals surface area contributed by atoms with Crippen molar-refractivity contribution in [3.8, 4) is 45.1 Å². The summed E-state index contributed by atoms with van der Waals surface area (Å²) in [6, 6.07) is 42.0. The maximum Gasteiger partial charge on any atom is 0.164 e. The molecule has 0 amide bonds. The zero-order chi connectivity index (χ0) is 38.0. The number of fused-ring (bicyclic) bond motifs is 10. The van der Waals surface area contributed by atoms with Gasteiger partial charge in [-0.2, -0.15) is 0 Å². The lowest BCUT2D eigenvalue weighted by Gasteiger charge is -2.56. The van der Waals surface area contributed by atoms with Gasteiger partial charge in [0, 0.05) is 33.6 Å². The third-order valence-electron chi connectivity index (χ3n) is 14.8. The molecule has 8 aliphatic rings. The van der Waals surface area contributed by atoms with Gasteiger partial charge in [0.2, 0.25) is 0 Å². The number of nitrogens with zero attached hydrogens (tertiary/aromatic N) is 3. The predicted octanol–water partition coefficient (Wildman–Crippen LogP) is 12.6. The Labute approximate surface area is 339 Å². The Hall–Kier alpha value is -6.13. The van der Waals surface area contributed by atoms with Crippen molar-refractivity contribution >= 4 is 5.57 Å². The van der Waals surface area contributed by atoms with E-state index in [2.05, 4.69) is 152 Å². The Kier molecular flexibility index (Phi) is 6.92. The van der Waals surface area contributed by atoms with Crippen LogP contribution in [0.25, 0.3) is 39.2 Å². The number of benzene rings is 5. The van der Waals surface area contributed by atoms with Crippen LogP contribution in [0.1, 0.15) is 78.8 Å². The first-order valence-corrected chi connectivity index (χ1v) is 21.4. The maximum atomic E-state index is 6.64. The van der Waals surface area contributed by atoms with Crippen molar-refractivity contribution in [3.63, 3.8) is 0 Å². The second-order valence-corrected chi connectivity index (χ2v) is 18.1. The Morgan fingerprint density at radius 1 is 0.552 bits per heavy atom. The highest BCUT2D eigenvalue weighted by atomic mass is 16.5.